The van der Waals surface area contributed by atoms with Gasteiger partial charge in [-0.15, -0.1) is 11.8 Å². The third-order valence-electron chi connectivity index (χ3n) is 7.17. The first-order chi connectivity index (χ1) is 13.9. The van der Waals surface area contributed by atoms with Crippen LogP contribution < -0.4 is 10.6 Å². The average molecular weight is 415 g/mol. The summed E-state index contributed by atoms with van der Waals surface area (Å²) < 4.78 is 0. The van der Waals surface area contributed by atoms with Gasteiger partial charge in [-0.25, -0.2) is 0 Å². The maximum Gasteiger partial charge on any atom is 0.242 e. The van der Waals surface area contributed by atoms with E-state index in [4.69, 9.17) is 0 Å². The molecule has 4 saturated carbocycles. The average Bonchev–Trinajstić information content (AvgIpc) is 2.68. The number of rotatable bonds is 8. The molecule has 4 bridgehead atoms. The Morgan fingerprint density at radius 2 is 1.62 bits per heavy atom. The van der Waals surface area contributed by atoms with Gasteiger partial charge in [-0.2, -0.15) is 0 Å². The van der Waals surface area contributed by atoms with Crippen molar-refractivity contribution in [3.05, 3.63) is 30.3 Å². The lowest BCUT2D eigenvalue weighted by Gasteiger charge is -2.55. The summed E-state index contributed by atoms with van der Waals surface area (Å²) in [6, 6.07) is 9.76. The van der Waals surface area contributed by atoms with Crippen LogP contribution in [0.5, 0.6) is 0 Å². The monoisotopic (exact) mass is 414 g/mol. The molecule has 0 spiro atoms. The normalized spacial score (nSPS) is 30.9. The third-order valence-corrected chi connectivity index (χ3v) is 8.18. The molecule has 4 fully saturated rings. The minimum atomic E-state index is -0.447. The number of thioether (sulfide) groups is 1. The quantitative estimate of drug-likeness (QED) is 0.494. The van der Waals surface area contributed by atoms with Crippen LogP contribution in [0.2, 0.25) is 0 Å². The van der Waals surface area contributed by atoms with Crippen LogP contribution in [0.1, 0.15) is 52.4 Å². The van der Waals surface area contributed by atoms with Gasteiger partial charge in [-0.3, -0.25) is 9.59 Å². The second kappa shape index (κ2) is 8.71. The van der Waals surface area contributed by atoms with Crippen LogP contribution in [0.15, 0.2) is 35.2 Å². The zero-order valence-electron chi connectivity index (χ0n) is 17.7. The number of amides is 2. The number of nitrogens with one attached hydrogen (secondary N) is 2. The number of hydrogen-bond donors (Lipinski definition) is 2. The molecule has 4 nitrogen and oxygen atoms in total. The van der Waals surface area contributed by atoms with Crippen LogP contribution in [0, 0.1) is 29.1 Å². The largest absolute Gasteiger partial charge is 0.353 e. The molecule has 5 rings (SSSR count). The second-order valence-electron chi connectivity index (χ2n) is 9.85. The van der Waals surface area contributed by atoms with E-state index in [0.717, 1.165) is 42.8 Å². The minimum Gasteiger partial charge on any atom is -0.353 e. The Kier molecular flexibility index (Phi) is 6.24. The molecule has 1 aromatic carbocycles. The van der Waals surface area contributed by atoms with Crippen molar-refractivity contribution in [2.75, 3.05) is 12.3 Å². The molecule has 1 unspecified atom stereocenters. The Morgan fingerprint density at radius 3 is 2.17 bits per heavy atom. The van der Waals surface area contributed by atoms with E-state index < -0.39 is 6.04 Å². The summed E-state index contributed by atoms with van der Waals surface area (Å²) in [5.41, 5.74) is -0.203. The maximum atomic E-state index is 13.3. The maximum absolute atomic E-state index is 13.3. The molecule has 29 heavy (non-hydrogen) atoms. The molecule has 1 aromatic rings. The molecule has 4 aliphatic carbocycles. The lowest BCUT2D eigenvalue weighted by atomic mass is 9.49. The zero-order chi connectivity index (χ0) is 20.4. The predicted octanol–water partition coefficient (Wildman–Crippen LogP) is 4.25. The van der Waals surface area contributed by atoms with Crippen LogP contribution in [0.25, 0.3) is 0 Å². The van der Waals surface area contributed by atoms with E-state index in [1.165, 1.54) is 24.2 Å². The summed E-state index contributed by atoms with van der Waals surface area (Å²) in [6.45, 7) is 4.64. The molecule has 2 N–H and O–H groups in total. The van der Waals surface area contributed by atoms with Gasteiger partial charge in [0.2, 0.25) is 11.8 Å². The summed E-state index contributed by atoms with van der Waals surface area (Å²) in [4.78, 5) is 27.4. The fourth-order valence-corrected chi connectivity index (χ4v) is 6.98. The van der Waals surface area contributed by atoms with E-state index in [2.05, 4.69) is 22.8 Å². The molecule has 0 aliphatic heterocycles. The van der Waals surface area contributed by atoms with Gasteiger partial charge in [0, 0.05) is 22.6 Å². The molecule has 5 heteroatoms. The first kappa shape index (κ1) is 20.8. The van der Waals surface area contributed by atoms with Gasteiger partial charge in [0.1, 0.15) is 6.04 Å². The lowest BCUT2D eigenvalue weighted by Crippen LogP contribution is -2.58. The van der Waals surface area contributed by atoms with E-state index >= 15 is 0 Å². The molecule has 0 radical (unpaired) electrons. The van der Waals surface area contributed by atoms with Gasteiger partial charge >= 0.3 is 0 Å². The van der Waals surface area contributed by atoms with E-state index in [0.29, 0.717) is 6.54 Å². The lowest BCUT2D eigenvalue weighted by molar-refractivity contribution is -0.149. The van der Waals surface area contributed by atoms with Crippen molar-refractivity contribution in [3.8, 4) is 0 Å². The second-order valence-corrected chi connectivity index (χ2v) is 11.0. The molecule has 2 amide bonds. The highest BCUT2D eigenvalue weighted by Crippen LogP contribution is 2.60. The van der Waals surface area contributed by atoms with Gasteiger partial charge in [-0.1, -0.05) is 32.0 Å². The van der Waals surface area contributed by atoms with Crippen LogP contribution in [-0.2, 0) is 9.59 Å². The van der Waals surface area contributed by atoms with Crippen LogP contribution in [0.4, 0.5) is 0 Å². The third kappa shape index (κ3) is 4.65. The predicted molar refractivity (Wildman–Crippen MR) is 118 cm³/mol. The molecule has 0 heterocycles. The Morgan fingerprint density at radius 1 is 1.03 bits per heavy atom. The van der Waals surface area contributed by atoms with Crippen LogP contribution >= 0.6 is 11.8 Å². The summed E-state index contributed by atoms with van der Waals surface area (Å²) in [5.74, 6) is 3.18. The van der Waals surface area contributed by atoms with E-state index in [9.17, 15) is 9.59 Å². The number of carbonyl (C=O) groups is 2. The Balaban J connectivity index is 1.30. The van der Waals surface area contributed by atoms with Crippen molar-refractivity contribution in [3.63, 3.8) is 0 Å². The Bertz CT molecular complexity index is 698. The van der Waals surface area contributed by atoms with Gasteiger partial charge in [0.05, 0.1) is 0 Å². The summed E-state index contributed by atoms with van der Waals surface area (Å²) >= 11 is 1.73. The van der Waals surface area contributed by atoms with Crippen molar-refractivity contribution in [2.24, 2.45) is 29.1 Å². The molecule has 158 valence electrons. The van der Waals surface area contributed by atoms with Crippen molar-refractivity contribution >= 4 is 23.6 Å². The molecule has 0 saturated heterocycles. The topological polar surface area (TPSA) is 58.2 Å². The first-order valence-corrected chi connectivity index (χ1v) is 12.2. The van der Waals surface area contributed by atoms with Crippen LogP contribution in [-0.4, -0.2) is 30.2 Å². The number of carbonyl (C=O) groups excluding carboxylic acids is 2. The van der Waals surface area contributed by atoms with E-state index in [1.807, 2.05) is 32.0 Å². The van der Waals surface area contributed by atoms with Gasteiger partial charge in [0.25, 0.3) is 0 Å². The molecule has 0 aromatic heterocycles. The fraction of sp³-hybridized carbons (Fsp3) is 0.667. The Hall–Kier alpha value is -1.49. The highest BCUT2D eigenvalue weighted by molar-refractivity contribution is 7.99. The Labute approximate surface area is 179 Å². The highest BCUT2D eigenvalue weighted by Gasteiger charge is 2.55. The van der Waals surface area contributed by atoms with Crippen molar-refractivity contribution < 1.29 is 9.59 Å². The van der Waals surface area contributed by atoms with Gasteiger partial charge in [-0.05, 0) is 74.3 Å². The van der Waals surface area contributed by atoms with Gasteiger partial charge < -0.3 is 10.6 Å². The molecule has 1 atom stereocenters. The summed E-state index contributed by atoms with van der Waals surface area (Å²) in [5, 5.41) is 6.21. The molecular formula is C24H34N2O2S. The van der Waals surface area contributed by atoms with E-state index in [-0.39, 0.29) is 23.1 Å². The SMILES string of the molecule is CC(C)C(NC(=O)C12CC3CC(CC(C3)C1)C2)C(=O)NCCSc1ccccc1. The van der Waals surface area contributed by atoms with Crippen molar-refractivity contribution in [1.82, 2.24) is 10.6 Å². The highest BCUT2D eigenvalue weighted by atomic mass is 32.2. The van der Waals surface area contributed by atoms with Crippen molar-refractivity contribution in [2.45, 2.75) is 63.3 Å². The summed E-state index contributed by atoms with van der Waals surface area (Å²) in [7, 11) is 0. The standard InChI is InChI=1S/C24H34N2O2S/c1-16(2)21(22(27)25-8-9-29-20-6-4-3-5-7-20)26-23(28)24-13-17-10-18(14-24)12-19(11-17)15-24/h3-7,16-19,21H,8-15H2,1-2H3,(H,25,27)(H,26,28). The van der Waals surface area contributed by atoms with Crippen LogP contribution in [0.3, 0.4) is 0 Å². The summed E-state index contributed by atoms with van der Waals surface area (Å²) in [6.07, 6.45) is 7.06. The fourth-order valence-electron chi connectivity index (χ4n) is 6.19. The number of benzene rings is 1. The number of hydrogen-bond acceptors (Lipinski definition) is 3. The molecule has 4 aliphatic rings. The van der Waals surface area contributed by atoms with E-state index in [1.54, 1.807) is 11.8 Å². The van der Waals surface area contributed by atoms with Crippen molar-refractivity contribution in [1.29, 1.82) is 0 Å². The first-order valence-electron chi connectivity index (χ1n) is 11.2. The van der Waals surface area contributed by atoms with Gasteiger partial charge in [0.15, 0.2) is 0 Å². The smallest absolute Gasteiger partial charge is 0.242 e. The zero-order valence-corrected chi connectivity index (χ0v) is 18.5. The minimum absolute atomic E-state index is 0.0493. The molecular weight excluding hydrogens is 380 g/mol.